The van der Waals surface area contributed by atoms with Crippen molar-refractivity contribution in [3.05, 3.63) is 42.0 Å². The van der Waals surface area contributed by atoms with Gasteiger partial charge in [0, 0.05) is 24.7 Å². The highest BCUT2D eigenvalue weighted by molar-refractivity contribution is 6.04. The number of nitrogens with two attached hydrogens (primary N) is 2. The summed E-state index contributed by atoms with van der Waals surface area (Å²) in [5.74, 6) is 0.708. The summed E-state index contributed by atoms with van der Waals surface area (Å²) in [6.07, 6.45) is -2.85. The summed E-state index contributed by atoms with van der Waals surface area (Å²) in [4.78, 5) is 4.50. The normalized spacial score (nSPS) is 12.5. The molecule has 0 aliphatic rings. The van der Waals surface area contributed by atoms with Gasteiger partial charge in [-0.15, -0.1) is 0 Å². The molecule has 0 bridgehead atoms. The summed E-state index contributed by atoms with van der Waals surface area (Å²) >= 11 is 0. The van der Waals surface area contributed by atoms with Crippen molar-refractivity contribution in [1.82, 2.24) is 4.98 Å². The Bertz CT molecular complexity index is 1120. The Labute approximate surface area is 189 Å². The molecule has 178 valence electrons. The molecular weight excluding hydrogens is 437 g/mol. The molecule has 0 radical (unpaired) electrons. The lowest BCUT2D eigenvalue weighted by atomic mass is 10.1. The minimum absolute atomic E-state index is 0.0164. The summed E-state index contributed by atoms with van der Waals surface area (Å²) in [6.45, 7) is 2.55. The topological polar surface area (TPSA) is 105 Å². The number of hydrogen-bond acceptors (Lipinski definition) is 7. The lowest BCUT2D eigenvalue weighted by molar-refractivity contribution is -0.137. The zero-order chi connectivity index (χ0) is 24.2. The first-order chi connectivity index (χ1) is 15.6. The predicted molar refractivity (Wildman–Crippen MR) is 122 cm³/mol. The van der Waals surface area contributed by atoms with Crippen molar-refractivity contribution < 1.29 is 27.4 Å². The molecule has 7 nitrogen and oxygen atoms in total. The zero-order valence-electron chi connectivity index (χ0n) is 18.6. The Hall–Kier alpha value is -3.40. The molecule has 0 amide bonds. The molecule has 0 aliphatic carbocycles. The number of rotatable bonds is 9. The van der Waals surface area contributed by atoms with Crippen LogP contribution >= 0.6 is 0 Å². The maximum absolute atomic E-state index is 13.2. The first-order valence-electron chi connectivity index (χ1n) is 10.3. The van der Waals surface area contributed by atoms with Gasteiger partial charge in [-0.05, 0) is 38.0 Å². The molecule has 0 saturated heterocycles. The number of alkyl halides is 3. The van der Waals surface area contributed by atoms with E-state index >= 15 is 0 Å². The van der Waals surface area contributed by atoms with Gasteiger partial charge in [-0.1, -0.05) is 6.07 Å². The van der Waals surface area contributed by atoms with Crippen molar-refractivity contribution in [2.45, 2.75) is 32.0 Å². The van der Waals surface area contributed by atoms with E-state index in [-0.39, 0.29) is 34.9 Å². The van der Waals surface area contributed by atoms with E-state index in [1.165, 1.54) is 32.4 Å². The molecule has 1 aromatic heterocycles. The second-order valence-corrected chi connectivity index (χ2v) is 7.61. The van der Waals surface area contributed by atoms with Crippen molar-refractivity contribution in [2.75, 3.05) is 31.8 Å². The van der Waals surface area contributed by atoms with E-state index in [9.17, 15) is 13.2 Å². The molecule has 0 aliphatic heterocycles. The Morgan fingerprint density at radius 1 is 1.12 bits per heavy atom. The van der Waals surface area contributed by atoms with Crippen molar-refractivity contribution in [1.29, 1.82) is 0 Å². The average molecular weight is 464 g/mol. The van der Waals surface area contributed by atoms with Gasteiger partial charge in [-0.25, -0.2) is 4.98 Å². The number of ether oxygens (including phenoxy) is 3. The summed E-state index contributed by atoms with van der Waals surface area (Å²) in [7, 11) is 2.90. The van der Waals surface area contributed by atoms with Crippen LogP contribution in [-0.4, -0.2) is 31.8 Å². The van der Waals surface area contributed by atoms with E-state index in [1.54, 1.807) is 6.07 Å². The molecule has 10 heteroatoms. The van der Waals surface area contributed by atoms with Crippen LogP contribution in [0.2, 0.25) is 0 Å². The van der Waals surface area contributed by atoms with Crippen LogP contribution in [0.5, 0.6) is 23.1 Å². The minimum atomic E-state index is -4.51. The first-order valence-corrected chi connectivity index (χ1v) is 10.3. The number of aromatic nitrogens is 1. The predicted octanol–water partition coefficient (Wildman–Crippen LogP) is 5.18. The number of nitrogens with one attached hydrogen (secondary N) is 1. The highest BCUT2D eigenvalue weighted by Gasteiger charge is 2.31. The van der Waals surface area contributed by atoms with Gasteiger partial charge in [0.15, 0.2) is 11.5 Å². The molecule has 1 heterocycles. The van der Waals surface area contributed by atoms with Gasteiger partial charge in [-0.3, -0.25) is 0 Å². The molecular formula is C23H27F3N4O3. The summed E-state index contributed by atoms with van der Waals surface area (Å²) in [5, 5.41) is 3.69. The standard InChI is InChI=1S/C23H27F3N4O3/c1-13(27)6-5-9-29-17-12-18(31-2)22(20-16(28)11-19(32-3)30-21(17)20)33-15-8-4-7-14(10-15)23(24,25)26/h4,7-8,10-13,29H,5-6,9,27H2,1-3H3,(H2,28,30). The second-order valence-electron chi connectivity index (χ2n) is 7.61. The van der Waals surface area contributed by atoms with Gasteiger partial charge in [-0.2, -0.15) is 13.2 Å². The zero-order valence-corrected chi connectivity index (χ0v) is 18.6. The number of anilines is 2. The summed E-state index contributed by atoms with van der Waals surface area (Å²) in [6, 6.07) is 7.84. The van der Waals surface area contributed by atoms with Gasteiger partial charge in [0.25, 0.3) is 0 Å². The van der Waals surface area contributed by atoms with Crippen LogP contribution in [0.15, 0.2) is 36.4 Å². The van der Waals surface area contributed by atoms with E-state index in [1.807, 2.05) is 6.92 Å². The molecule has 1 unspecified atom stereocenters. The number of nitrogens with zero attached hydrogens (tertiary/aromatic N) is 1. The number of halogens is 3. The van der Waals surface area contributed by atoms with E-state index in [0.717, 1.165) is 25.0 Å². The molecule has 0 saturated carbocycles. The first kappa shape index (κ1) is 24.2. The van der Waals surface area contributed by atoms with Crippen molar-refractivity contribution >= 4 is 22.3 Å². The third-order valence-electron chi connectivity index (χ3n) is 4.97. The lowest BCUT2D eigenvalue weighted by Crippen LogP contribution is -2.16. The molecule has 5 N–H and O–H groups in total. The summed E-state index contributed by atoms with van der Waals surface area (Å²) < 4.78 is 56.1. The lowest BCUT2D eigenvalue weighted by Gasteiger charge is -2.19. The Kier molecular flexibility index (Phi) is 7.37. The minimum Gasteiger partial charge on any atom is -0.493 e. The molecule has 1 atom stereocenters. The quantitative estimate of drug-likeness (QED) is 0.375. The van der Waals surface area contributed by atoms with Crippen LogP contribution in [-0.2, 0) is 6.18 Å². The number of pyridine rings is 1. The van der Waals surface area contributed by atoms with Crippen LogP contribution in [0.3, 0.4) is 0 Å². The highest BCUT2D eigenvalue weighted by atomic mass is 19.4. The largest absolute Gasteiger partial charge is 0.493 e. The summed E-state index contributed by atoms with van der Waals surface area (Å²) in [5.41, 5.74) is 12.6. The SMILES string of the molecule is COc1cc(N)c2c(Oc3cccc(C(F)(F)F)c3)c(OC)cc(NCCCC(C)N)c2n1. The van der Waals surface area contributed by atoms with Crippen LogP contribution in [0.4, 0.5) is 24.5 Å². The van der Waals surface area contributed by atoms with Crippen LogP contribution in [0, 0.1) is 0 Å². The number of methoxy groups -OCH3 is 2. The van der Waals surface area contributed by atoms with Crippen molar-refractivity contribution in [3.8, 4) is 23.1 Å². The second kappa shape index (κ2) is 10.0. The molecule has 33 heavy (non-hydrogen) atoms. The molecule has 3 aromatic rings. The van der Waals surface area contributed by atoms with E-state index < -0.39 is 11.7 Å². The fourth-order valence-electron chi connectivity index (χ4n) is 3.36. The van der Waals surface area contributed by atoms with E-state index in [0.29, 0.717) is 23.1 Å². The van der Waals surface area contributed by atoms with Gasteiger partial charge in [0.05, 0.1) is 36.5 Å². The van der Waals surface area contributed by atoms with Crippen LogP contribution in [0.25, 0.3) is 10.9 Å². The molecule has 0 spiro atoms. The fourth-order valence-corrected chi connectivity index (χ4v) is 3.36. The van der Waals surface area contributed by atoms with E-state index in [2.05, 4.69) is 10.3 Å². The highest BCUT2D eigenvalue weighted by Crippen LogP contribution is 2.45. The maximum Gasteiger partial charge on any atom is 0.416 e. The van der Waals surface area contributed by atoms with Gasteiger partial charge < -0.3 is 31.0 Å². The van der Waals surface area contributed by atoms with E-state index in [4.69, 9.17) is 25.7 Å². The number of fused-ring (bicyclic) bond motifs is 1. The van der Waals surface area contributed by atoms with Gasteiger partial charge in [0.1, 0.15) is 11.3 Å². The smallest absolute Gasteiger partial charge is 0.416 e. The monoisotopic (exact) mass is 464 g/mol. The van der Waals surface area contributed by atoms with Gasteiger partial charge in [0.2, 0.25) is 5.88 Å². The fraction of sp³-hybridized carbons (Fsp3) is 0.348. The molecule has 2 aromatic carbocycles. The van der Waals surface area contributed by atoms with Crippen LogP contribution < -0.4 is 31.0 Å². The number of nitrogen functional groups attached to an aromatic ring is 1. The van der Waals surface area contributed by atoms with Gasteiger partial charge >= 0.3 is 6.18 Å². The molecule has 3 rings (SSSR count). The Morgan fingerprint density at radius 3 is 2.52 bits per heavy atom. The average Bonchev–Trinajstić information content (AvgIpc) is 2.76. The third kappa shape index (κ3) is 5.70. The van der Waals surface area contributed by atoms with Crippen LogP contribution in [0.1, 0.15) is 25.3 Å². The number of benzene rings is 2. The van der Waals surface area contributed by atoms with Crippen molar-refractivity contribution in [3.63, 3.8) is 0 Å². The van der Waals surface area contributed by atoms with Crippen molar-refractivity contribution in [2.24, 2.45) is 5.73 Å². The maximum atomic E-state index is 13.2. The Balaban J connectivity index is 2.10. The molecule has 0 fully saturated rings. The third-order valence-corrected chi connectivity index (χ3v) is 4.97. The Morgan fingerprint density at radius 2 is 1.88 bits per heavy atom. The number of hydrogen-bond donors (Lipinski definition) is 3.